The summed E-state index contributed by atoms with van der Waals surface area (Å²) in [6.07, 6.45) is 10.0. The summed E-state index contributed by atoms with van der Waals surface area (Å²) < 4.78 is 5.33. The minimum Gasteiger partial charge on any atom is -0.467 e. The average molecular weight is 263 g/mol. The predicted octanol–water partition coefficient (Wildman–Crippen LogP) is 3.36. The molecule has 1 saturated heterocycles. The molecule has 0 aromatic carbocycles. The molecule has 1 aromatic heterocycles. The summed E-state index contributed by atoms with van der Waals surface area (Å²) in [5.41, 5.74) is 0. The molecule has 1 N–H and O–H groups in total. The van der Waals surface area contributed by atoms with E-state index >= 15 is 0 Å². The van der Waals surface area contributed by atoms with Crippen molar-refractivity contribution in [1.29, 1.82) is 0 Å². The van der Waals surface area contributed by atoms with Gasteiger partial charge in [-0.2, -0.15) is 0 Å². The van der Waals surface area contributed by atoms with Gasteiger partial charge in [-0.1, -0.05) is 12.8 Å². The molecular weight excluding hydrogens is 238 g/mol. The first kappa shape index (κ1) is 13.2. The third-order valence-corrected chi connectivity index (χ3v) is 4.56. The van der Waals surface area contributed by atoms with Gasteiger partial charge in [0.2, 0.25) is 0 Å². The molecule has 3 nitrogen and oxygen atoms in total. The summed E-state index contributed by atoms with van der Waals surface area (Å²) in [5, 5.41) is 10.3. The molecule has 2 heterocycles. The fourth-order valence-electron chi connectivity index (χ4n) is 3.23. The second-order valence-corrected chi connectivity index (χ2v) is 6.21. The Morgan fingerprint density at radius 1 is 1.26 bits per heavy atom. The fourth-order valence-corrected chi connectivity index (χ4v) is 3.23. The normalized spacial score (nSPS) is 27.1. The van der Waals surface area contributed by atoms with Gasteiger partial charge >= 0.3 is 0 Å². The van der Waals surface area contributed by atoms with E-state index < -0.39 is 6.10 Å². The van der Waals surface area contributed by atoms with E-state index in [0.29, 0.717) is 6.04 Å². The van der Waals surface area contributed by atoms with Crippen LogP contribution in [0.5, 0.6) is 0 Å². The molecule has 1 aliphatic carbocycles. The van der Waals surface area contributed by atoms with Crippen molar-refractivity contribution in [3.05, 3.63) is 24.2 Å². The highest BCUT2D eigenvalue weighted by atomic mass is 16.4. The van der Waals surface area contributed by atoms with Crippen LogP contribution < -0.4 is 0 Å². The molecule has 19 heavy (non-hydrogen) atoms. The van der Waals surface area contributed by atoms with Gasteiger partial charge in [-0.15, -0.1) is 0 Å². The molecule has 0 amide bonds. The molecule has 0 radical (unpaired) electrons. The lowest BCUT2D eigenvalue weighted by Crippen LogP contribution is -2.37. The van der Waals surface area contributed by atoms with Gasteiger partial charge in [-0.25, -0.2) is 0 Å². The standard InChI is InChI=1S/C16H25NO2/c18-15(16-6-4-10-19-16)11-14-5-2-1-3-9-17(14)12-13-7-8-13/h4,6,10,13-15,18H,1-3,5,7-9,11-12H2. The second kappa shape index (κ2) is 6.10. The van der Waals surface area contributed by atoms with Crippen LogP contribution in [0.15, 0.2) is 22.8 Å². The van der Waals surface area contributed by atoms with Crippen molar-refractivity contribution in [3.8, 4) is 0 Å². The molecule has 2 unspecified atom stereocenters. The van der Waals surface area contributed by atoms with Crippen molar-refractivity contribution < 1.29 is 9.52 Å². The van der Waals surface area contributed by atoms with Crippen molar-refractivity contribution in [1.82, 2.24) is 4.90 Å². The third kappa shape index (κ3) is 3.61. The first-order valence-corrected chi connectivity index (χ1v) is 7.78. The number of nitrogens with zero attached hydrogens (tertiary/aromatic N) is 1. The Bertz CT molecular complexity index is 372. The van der Waals surface area contributed by atoms with Crippen LogP contribution in [0.2, 0.25) is 0 Å². The smallest absolute Gasteiger partial charge is 0.132 e. The van der Waals surface area contributed by atoms with E-state index in [9.17, 15) is 5.11 Å². The molecule has 1 saturated carbocycles. The number of rotatable bonds is 5. The largest absolute Gasteiger partial charge is 0.467 e. The third-order valence-electron chi connectivity index (χ3n) is 4.56. The zero-order chi connectivity index (χ0) is 13.1. The second-order valence-electron chi connectivity index (χ2n) is 6.21. The lowest BCUT2D eigenvalue weighted by Gasteiger charge is -2.31. The van der Waals surface area contributed by atoms with Gasteiger partial charge in [-0.05, 0) is 56.7 Å². The molecule has 0 spiro atoms. The molecule has 106 valence electrons. The number of furan rings is 1. The van der Waals surface area contributed by atoms with Crippen molar-refractivity contribution in [2.45, 2.75) is 57.1 Å². The summed E-state index contributed by atoms with van der Waals surface area (Å²) in [6.45, 7) is 2.46. The molecule has 1 aromatic rings. The SMILES string of the molecule is OC(CC1CCCCCN1CC1CC1)c1ccco1. The van der Waals surface area contributed by atoms with E-state index in [0.717, 1.165) is 18.1 Å². The molecule has 3 rings (SSSR count). The summed E-state index contributed by atoms with van der Waals surface area (Å²) in [5.74, 6) is 1.65. The molecule has 2 atom stereocenters. The van der Waals surface area contributed by atoms with Crippen LogP contribution in [0.4, 0.5) is 0 Å². The monoisotopic (exact) mass is 263 g/mol. The van der Waals surface area contributed by atoms with E-state index in [2.05, 4.69) is 4.90 Å². The van der Waals surface area contributed by atoms with Crippen LogP contribution in [0, 0.1) is 5.92 Å². The van der Waals surface area contributed by atoms with Crippen molar-refractivity contribution in [2.75, 3.05) is 13.1 Å². The van der Waals surface area contributed by atoms with E-state index in [-0.39, 0.29) is 0 Å². The Hall–Kier alpha value is -0.800. The molecule has 1 aliphatic heterocycles. The summed E-state index contributed by atoms with van der Waals surface area (Å²) in [7, 11) is 0. The van der Waals surface area contributed by atoms with E-state index in [1.165, 1.54) is 51.6 Å². The molecular formula is C16H25NO2. The lowest BCUT2D eigenvalue weighted by molar-refractivity contribution is 0.0842. The average Bonchev–Trinajstić information content (AvgIpc) is 3.11. The summed E-state index contributed by atoms with van der Waals surface area (Å²) >= 11 is 0. The first-order chi connectivity index (χ1) is 9.33. The molecule has 2 fully saturated rings. The minimum absolute atomic E-state index is 0.445. The van der Waals surface area contributed by atoms with E-state index in [1.807, 2.05) is 12.1 Å². The van der Waals surface area contributed by atoms with Crippen molar-refractivity contribution in [2.24, 2.45) is 5.92 Å². The number of hydrogen-bond acceptors (Lipinski definition) is 3. The van der Waals surface area contributed by atoms with Crippen molar-refractivity contribution >= 4 is 0 Å². The Morgan fingerprint density at radius 3 is 2.89 bits per heavy atom. The number of hydrogen-bond donors (Lipinski definition) is 1. The maximum Gasteiger partial charge on any atom is 0.132 e. The Kier molecular flexibility index (Phi) is 4.24. The Balaban J connectivity index is 1.61. The minimum atomic E-state index is -0.445. The number of aliphatic hydroxyl groups excluding tert-OH is 1. The van der Waals surface area contributed by atoms with Crippen LogP contribution >= 0.6 is 0 Å². The van der Waals surface area contributed by atoms with Crippen LogP contribution in [0.25, 0.3) is 0 Å². The predicted molar refractivity (Wildman–Crippen MR) is 74.8 cm³/mol. The van der Waals surface area contributed by atoms with Gasteiger partial charge < -0.3 is 14.4 Å². The fraction of sp³-hybridized carbons (Fsp3) is 0.750. The first-order valence-electron chi connectivity index (χ1n) is 7.78. The van der Waals surface area contributed by atoms with Crippen molar-refractivity contribution in [3.63, 3.8) is 0 Å². The van der Waals surface area contributed by atoms with Crippen LogP contribution in [0.3, 0.4) is 0 Å². The van der Waals surface area contributed by atoms with E-state index in [1.54, 1.807) is 6.26 Å². The summed E-state index contributed by atoms with van der Waals surface area (Å²) in [6, 6.07) is 4.27. The van der Waals surface area contributed by atoms with Crippen LogP contribution in [0.1, 0.15) is 56.8 Å². The molecule has 2 aliphatic rings. The molecule has 3 heteroatoms. The lowest BCUT2D eigenvalue weighted by atomic mass is 10.0. The van der Waals surface area contributed by atoms with Gasteiger partial charge in [0, 0.05) is 12.6 Å². The van der Waals surface area contributed by atoms with E-state index in [4.69, 9.17) is 4.42 Å². The van der Waals surface area contributed by atoms with Gasteiger partial charge in [-0.3, -0.25) is 0 Å². The maximum absolute atomic E-state index is 10.3. The highest BCUT2D eigenvalue weighted by Gasteiger charge is 2.30. The highest BCUT2D eigenvalue weighted by Crippen LogP contribution is 2.33. The maximum atomic E-state index is 10.3. The Morgan fingerprint density at radius 2 is 2.16 bits per heavy atom. The topological polar surface area (TPSA) is 36.6 Å². The number of aliphatic hydroxyl groups is 1. The van der Waals surface area contributed by atoms with Gasteiger partial charge in [0.05, 0.1) is 6.26 Å². The highest BCUT2D eigenvalue weighted by molar-refractivity contribution is 5.02. The Labute approximate surface area is 115 Å². The van der Waals surface area contributed by atoms with Gasteiger partial charge in [0.1, 0.15) is 11.9 Å². The van der Waals surface area contributed by atoms with Gasteiger partial charge in [0.15, 0.2) is 0 Å². The zero-order valence-corrected chi connectivity index (χ0v) is 11.6. The van der Waals surface area contributed by atoms with Crippen LogP contribution in [-0.4, -0.2) is 29.1 Å². The molecule has 0 bridgehead atoms. The zero-order valence-electron chi connectivity index (χ0n) is 11.6. The van der Waals surface area contributed by atoms with Crippen LogP contribution in [-0.2, 0) is 0 Å². The quantitative estimate of drug-likeness (QED) is 0.885. The van der Waals surface area contributed by atoms with Gasteiger partial charge in [0.25, 0.3) is 0 Å². The summed E-state index contributed by atoms with van der Waals surface area (Å²) in [4.78, 5) is 2.64. The number of likely N-dealkylation sites (tertiary alicyclic amines) is 1.